The van der Waals surface area contributed by atoms with E-state index in [2.05, 4.69) is 10.5 Å². The number of benzene rings is 2. The minimum atomic E-state index is -1.10. The first-order valence-corrected chi connectivity index (χ1v) is 10.2. The number of hydrazone groups is 1. The van der Waals surface area contributed by atoms with Crippen LogP contribution < -0.4 is 5.43 Å². The number of hydrogen-bond donors (Lipinski definition) is 3. The van der Waals surface area contributed by atoms with Crippen LogP contribution in [0.5, 0.6) is 0 Å². The van der Waals surface area contributed by atoms with Crippen molar-refractivity contribution in [3.8, 4) is 5.69 Å². The molecule has 0 saturated heterocycles. The molecule has 0 fully saturated rings. The maximum atomic E-state index is 12.7. The third-order valence-electron chi connectivity index (χ3n) is 4.61. The van der Waals surface area contributed by atoms with Crippen LogP contribution in [0.1, 0.15) is 48.0 Å². The first kappa shape index (κ1) is 22.2. The van der Waals surface area contributed by atoms with Gasteiger partial charge in [-0.25, -0.2) is 15.0 Å². The van der Waals surface area contributed by atoms with E-state index < -0.39 is 17.8 Å². The van der Waals surface area contributed by atoms with E-state index in [9.17, 15) is 19.5 Å². The van der Waals surface area contributed by atoms with Crippen molar-refractivity contribution in [2.24, 2.45) is 5.10 Å². The van der Waals surface area contributed by atoms with Crippen LogP contribution in [0, 0.1) is 13.8 Å². The highest BCUT2D eigenvalue weighted by atomic mass is 127. The molecule has 0 saturated carbocycles. The minimum Gasteiger partial charge on any atom is -0.478 e. The third kappa shape index (κ3) is 4.82. The Morgan fingerprint density at radius 1 is 0.871 bits per heavy atom. The van der Waals surface area contributed by atoms with Crippen LogP contribution in [-0.4, -0.2) is 36.3 Å². The smallest absolute Gasteiger partial charge is 0.337 e. The Bertz CT molecular complexity index is 1210. The number of amides is 1. The summed E-state index contributed by atoms with van der Waals surface area (Å²) in [5.41, 5.74) is 5.45. The van der Waals surface area contributed by atoms with Crippen LogP contribution in [-0.2, 0) is 0 Å². The Balaban J connectivity index is 1.91. The number of nitrogens with one attached hydrogen (secondary N) is 1. The van der Waals surface area contributed by atoms with Crippen molar-refractivity contribution in [1.29, 1.82) is 0 Å². The summed E-state index contributed by atoms with van der Waals surface area (Å²) in [5.74, 6) is -2.68. The van der Waals surface area contributed by atoms with E-state index in [-0.39, 0.29) is 16.7 Å². The van der Waals surface area contributed by atoms with Gasteiger partial charge in [-0.1, -0.05) is 12.1 Å². The molecule has 8 nitrogen and oxygen atoms in total. The fourth-order valence-corrected chi connectivity index (χ4v) is 3.55. The average molecular weight is 531 g/mol. The molecule has 158 valence electrons. The molecule has 0 aliphatic carbocycles. The molecule has 3 rings (SSSR count). The Morgan fingerprint density at radius 2 is 1.52 bits per heavy atom. The maximum Gasteiger partial charge on any atom is 0.337 e. The maximum absolute atomic E-state index is 12.7. The number of carboxylic acid groups (broad SMARTS) is 2. The fourth-order valence-electron chi connectivity index (χ4n) is 3.10. The van der Waals surface area contributed by atoms with Gasteiger partial charge in [0.15, 0.2) is 0 Å². The van der Waals surface area contributed by atoms with E-state index in [0.29, 0.717) is 15.0 Å². The van der Waals surface area contributed by atoms with Crippen molar-refractivity contribution >= 4 is 44.2 Å². The van der Waals surface area contributed by atoms with Gasteiger partial charge in [-0.2, -0.15) is 5.10 Å². The van der Waals surface area contributed by atoms with Crippen molar-refractivity contribution in [2.45, 2.75) is 13.8 Å². The van der Waals surface area contributed by atoms with Gasteiger partial charge < -0.3 is 14.8 Å². The van der Waals surface area contributed by atoms with Crippen molar-refractivity contribution in [3.05, 3.63) is 88.2 Å². The van der Waals surface area contributed by atoms with E-state index in [0.717, 1.165) is 11.4 Å². The number of aryl methyl sites for hydroxylation is 2. The number of carboxylic acids is 2. The van der Waals surface area contributed by atoms with Crippen molar-refractivity contribution in [1.82, 2.24) is 9.99 Å². The molecular weight excluding hydrogens is 513 g/mol. The largest absolute Gasteiger partial charge is 0.478 e. The molecule has 2 aromatic carbocycles. The molecule has 0 aliphatic rings. The quantitative estimate of drug-likeness (QED) is 0.252. The van der Waals surface area contributed by atoms with E-state index in [1.807, 2.05) is 48.6 Å². The topological polar surface area (TPSA) is 121 Å². The van der Waals surface area contributed by atoms with Gasteiger partial charge in [0.05, 0.1) is 16.8 Å². The second kappa shape index (κ2) is 9.13. The van der Waals surface area contributed by atoms with Crippen molar-refractivity contribution in [3.63, 3.8) is 0 Å². The number of hydrogen-bond acceptors (Lipinski definition) is 4. The zero-order valence-corrected chi connectivity index (χ0v) is 18.7. The number of aromatic carboxylic acids is 2. The van der Waals surface area contributed by atoms with Crippen LogP contribution in [0.15, 0.2) is 59.7 Å². The third-order valence-corrected chi connectivity index (χ3v) is 5.47. The molecule has 1 aromatic heterocycles. The molecule has 0 radical (unpaired) electrons. The number of carbonyl (C=O) groups is 3. The van der Waals surface area contributed by atoms with Gasteiger partial charge in [0, 0.05) is 22.5 Å². The number of halogens is 1. The molecule has 3 aromatic rings. The van der Waals surface area contributed by atoms with Gasteiger partial charge in [0.1, 0.15) is 3.72 Å². The predicted octanol–water partition coefficient (Wildman–Crippen LogP) is 4.02. The predicted molar refractivity (Wildman–Crippen MR) is 124 cm³/mol. The van der Waals surface area contributed by atoms with Gasteiger partial charge >= 0.3 is 11.9 Å². The van der Waals surface area contributed by atoms with E-state index in [1.54, 1.807) is 16.7 Å². The molecule has 3 N–H and O–H groups in total. The molecule has 0 atom stereocenters. The molecule has 9 heteroatoms. The molecule has 1 amide bonds. The molecule has 31 heavy (non-hydrogen) atoms. The Labute approximate surface area is 191 Å². The number of carbonyl (C=O) groups excluding carboxylic acids is 1. The first-order chi connectivity index (χ1) is 14.7. The minimum absolute atomic E-state index is 0.0718. The SMILES string of the molecule is Cc1ccc(C)n1-c1cc(C(=O)N/N=C(/I)c2cccc(C(=O)O)c2)ccc1C(=O)O. The lowest BCUT2D eigenvalue weighted by Crippen LogP contribution is -2.20. The standard InChI is InChI=1S/C22H18IN3O5/c1-12-6-7-13(2)26(12)18-11-15(8-9-17(18)22(30)31)20(27)25-24-19(23)14-4-3-5-16(10-14)21(28)29/h3-11H,1-2H3,(H,25,27)(H,28,29)(H,30,31)/b24-19+. The Hall–Kier alpha value is -3.47. The Kier molecular flexibility index (Phi) is 6.54. The van der Waals surface area contributed by atoms with Crippen LogP contribution in [0.3, 0.4) is 0 Å². The molecule has 1 heterocycles. The van der Waals surface area contributed by atoms with Gasteiger partial charge in [-0.15, -0.1) is 0 Å². The first-order valence-electron chi connectivity index (χ1n) is 9.09. The zero-order valence-electron chi connectivity index (χ0n) is 16.6. The number of nitrogens with zero attached hydrogens (tertiary/aromatic N) is 2. The summed E-state index contributed by atoms with van der Waals surface area (Å²) in [5, 5.41) is 22.7. The van der Waals surface area contributed by atoms with Crippen LogP contribution >= 0.6 is 22.6 Å². The summed E-state index contributed by atoms with van der Waals surface area (Å²) in [6.07, 6.45) is 0. The molecule has 0 aliphatic heterocycles. The summed E-state index contributed by atoms with van der Waals surface area (Å²) in [4.78, 5) is 35.5. The second-order valence-electron chi connectivity index (χ2n) is 6.72. The fraction of sp³-hybridized carbons (Fsp3) is 0.0909. The number of aromatic nitrogens is 1. The molecular formula is C22H18IN3O5. The lowest BCUT2D eigenvalue weighted by molar-refractivity contribution is 0.0686. The van der Waals surface area contributed by atoms with E-state index >= 15 is 0 Å². The normalized spacial score (nSPS) is 11.3. The summed E-state index contributed by atoms with van der Waals surface area (Å²) in [6, 6.07) is 14.2. The van der Waals surface area contributed by atoms with Crippen molar-refractivity contribution in [2.75, 3.05) is 0 Å². The van der Waals surface area contributed by atoms with Gasteiger partial charge in [0.2, 0.25) is 0 Å². The van der Waals surface area contributed by atoms with Crippen LogP contribution in [0.25, 0.3) is 5.69 Å². The summed E-state index contributed by atoms with van der Waals surface area (Å²) in [6.45, 7) is 3.70. The zero-order chi connectivity index (χ0) is 22.7. The van der Waals surface area contributed by atoms with Crippen LogP contribution in [0.2, 0.25) is 0 Å². The monoisotopic (exact) mass is 531 g/mol. The molecule has 0 bridgehead atoms. The van der Waals surface area contributed by atoms with Gasteiger partial charge in [-0.3, -0.25) is 4.79 Å². The Morgan fingerprint density at radius 3 is 2.13 bits per heavy atom. The van der Waals surface area contributed by atoms with Crippen molar-refractivity contribution < 1.29 is 24.6 Å². The van der Waals surface area contributed by atoms with E-state index in [1.165, 1.54) is 30.3 Å². The number of rotatable bonds is 6. The summed E-state index contributed by atoms with van der Waals surface area (Å²) < 4.78 is 2.17. The van der Waals surface area contributed by atoms with Crippen LogP contribution in [0.4, 0.5) is 0 Å². The second-order valence-corrected chi connectivity index (χ2v) is 7.74. The lowest BCUT2D eigenvalue weighted by Gasteiger charge is -2.14. The summed E-state index contributed by atoms with van der Waals surface area (Å²) >= 11 is 1.90. The highest BCUT2D eigenvalue weighted by Crippen LogP contribution is 2.22. The molecule has 0 spiro atoms. The average Bonchev–Trinajstić information content (AvgIpc) is 3.09. The highest BCUT2D eigenvalue weighted by Gasteiger charge is 2.17. The van der Waals surface area contributed by atoms with Gasteiger partial charge in [0.25, 0.3) is 5.91 Å². The molecule has 0 unspecified atom stereocenters. The summed E-state index contributed by atoms with van der Waals surface area (Å²) in [7, 11) is 0. The highest BCUT2D eigenvalue weighted by molar-refractivity contribution is 14.1. The van der Waals surface area contributed by atoms with Gasteiger partial charge in [-0.05, 0) is 78.9 Å². The van der Waals surface area contributed by atoms with E-state index in [4.69, 9.17) is 5.11 Å². The lowest BCUT2D eigenvalue weighted by atomic mass is 10.1.